The zero-order chi connectivity index (χ0) is 13.2. The van der Waals surface area contributed by atoms with Gasteiger partial charge in [0.2, 0.25) is 10.0 Å². The van der Waals surface area contributed by atoms with E-state index >= 15 is 0 Å². The summed E-state index contributed by atoms with van der Waals surface area (Å²) in [5.74, 6) is 0. The summed E-state index contributed by atoms with van der Waals surface area (Å²) in [7, 11) is -3.27. The van der Waals surface area contributed by atoms with Crippen LogP contribution in [-0.4, -0.2) is 13.7 Å². The maximum atomic E-state index is 12.2. The van der Waals surface area contributed by atoms with Gasteiger partial charge in [-0.25, -0.2) is 8.42 Å². The van der Waals surface area contributed by atoms with Crippen LogP contribution in [0, 0.1) is 6.92 Å². The highest BCUT2D eigenvalue weighted by Crippen LogP contribution is 2.26. The van der Waals surface area contributed by atoms with Crippen molar-refractivity contribution >= 4 is 21.4 Å². The summed E-state index contributed by atoms with van der Waals surface area (Å²) in [6.45, 7) is 1.90. The number of benzene rings is 1. The summed E-state index contributed by atoms with van der Waals surface area (Å²) in [6.07, 6.45) is 4.67. The van der Waals surface area contributed by atoms with E-state index in [1.54, 1.807) is 12.1 Å². The third kappa shape index (κ3) is 2.96. The molecule has 0 unspecified atom stereocenters. The molecule has 1 aliphatic carbocycles. The van der Waals surface area contributed by atoms with Crippen LogP contribution >= 0.6 is 0 Å². The highest BCUT2D eigenvalue weighted by molar-refractivity contribution is 7.93. The van der Waals surface area contributed by atoms with Gasteiger partial charge in [0, 0.05) is 5.69 Å². The van der Waals surface area contributed by atoms with Crippen molar-refractivity contribution in [2.75, 3.05) is 10.5 Å². The van der Waals surface area contributed by atoms with Crippen molar-refractivity contribution in [1.82, 2.24) is 0 Å². The van der Waals surface area contributed by atoms with Crippen LogP contribution in [0.1, 0.15) is 37.7 Å². The minimum Gasteiger partial charge on any atom is -0.398 e. The van der Waals surface area contributed by atoms with Crippen LogP contribution in [0.25, 0.3) is 0 Å². The van der Waals surface area contributed by atoms with Gasteiger partial charge in [-0.15, -0.1) is 0 Å². The number of nitrogens with one attached hydrogen (secondary N) is 1. The van der Waals surface area contributed by atoms with Crippen molar-refractivity contribution in [1.29, 1.82) is 0 Å². The van der Waals surface area contributed by atoms with E-state index in [1.165, 1.54) is 0 Å². The molecular formula is C13H20N2O2S. The van der Waals surface area contributed by atoms with Crippen LogP contribution in [0.5, 0.6) is 0 Å². The van der Waals surface area contributed by atoms with Gasteiger partial charge in [-0.1, -0.05) is 25.3 Å². The van der Waals surface area contributed by atoms with E-state index in [0.717, 1.165) is 37.7 Å². The van der Waals surface area contributed by atoms with Crippen LogP contribution in [0.15, 0.2) is 18.2 Å². The first-order valence-electron chi connectivity index (χ1n) is 6.37. The Morgan fingerprint density at radius 3 is 2.50 bits per heavy atom. The number of sulfonamides is 1. The van der Waals surface area contributed by atoms with Crippen LogP contribution in [0.4, 0.5) is 11.4 Å². The topological polar surface area (TPSA) is 72.2 Å². The van der Waals surface area contributed by atoms with Gasteiger partial charge in [-0.05, 0) is 37.5 Å². The number of nitrogen functional groups attached to an aromatic ring is 1. The summed E-state index contributed by atoms with van der Waals surface area (Å²) >= 11 is 0. The van der Waals surface area contributed by atoms with E-state index in [9.17, 15) is 8.42 Å². The SMILES string of the molecule is Cc1ccc(NS(=O)(=O)C2CCCCC2)cc1N. The average molecular weight is 268 g/mol. The predicted octanol–water partition coefficient (Wildman–Crippen LogP) is 2.65. The highest BCUT2D eigenvalue weighted by atomic mass is 32.2. The quantitative estimate of drug-likeness (QED) is 0.828. The minimum absolute atomic E-state index is 0.256. The second kappa shape index (κ2) is 5.18. The fourth-order valence-electron chi connectivity index (χ4n) is 2.33. The molecule has 1 aliphatic rings. The molecule has 18 heavy (non-hydrogen) atoms. The van der Waals surface area contributed by atoms with Crippen LogP contribution < -0.4 is 10.5 Å². The molecule has 4 nitrogen and oxygen atoms in total. The van der Waals surface area contributed by atoms with Gasteiger partial charge in [-0.2, -0.15) is 0 Å². The molecule has 0 amide bonds. The largest absolute Gasteiger partial charge is 0.398 e. The zero-order valence-corrected chi connectivity index (χ0v) is 11.5. The van der Waals surface area contributed by atoms with Gasteiger partial charge in [0.15, 0.2) is 0 Å². The molecule has 0 aromatic heterocycles. The first-order valence-corrected chi connectivity index (χ1v) is 7.91. The van der Waals surface area contributed by atoms with Crippen LogP contribution in [0.3, 0.4) is 0 Å². The van der Waals surface area contributed by atoms with Crippen molar-refractivity contribution in [2.24, 2.45) is 0 Å². The van der Waals surface area contributed by atoms with Gasteiger partial charge in [0.05, 0.1) is 10.9 Å². The highest BCUT2D eigenvalue weighted by Gasteiger charge is 2.27. The average Bonchev–Trinajstić information content (AvgIpc) is 2.35. The Morgan fingerprint density at radius 1 is 1.22 bits per heavy atom. The molecule has 100 valence electrons. The lowest BCUT2D eigenvalue weighted by Crippen LogP contribution is -2.29. The molecule has 1 aromatic rings. The Bertz CT molecular complexity index is 520. The number of anilines is 2. The Kier molecular flexibility index (Phi) is 3.80. The van der Waals surface area contributed by atoms with Crippen molar-refractivity contribution in [3.8, 4) is 0 Å². The molecule has 0 spiro atoms. The second-order valence-corrected chi connectivity index (χ2v) is 6.94. The molecule has 0 bridgehead atoms. The zero-order valence-electron chi connectivity index (χ0n) is 10.6. The van der Waals surface area contributed by atoms with E-state index in [4.69, 9.17) is 5.73 Å². The Balaban J connectivity index is 2.13. The summed E-state index contributed by atoms with van der Waals surface area (Å²) in [5, 5.41) is -0.256. The Hall–Kier alpha value is -1.23. The van der Waals surface area contributed by atoms with Gasteiger partial charge in [-0.3, -0.25) is 4.72 Å². The van der Waals surface area contributed by atoms with Gasteiger partial charge >= 0.3 is 0 Å². The van der Waals surface area contributed by atoms with E-state index in [2.05, 4.69) is 4.72 Å². The summed E-state index contributed by atoms with van der Waals surface area (Å²) in [5.41, 5.74) is 7.91. The monoisotopic (exact) mass is 268 g/mol. The Morgan fingerprint density at radius 2 is 1.89 bits per heavy atom. The molecule has 0 atom stereocenters. The number of rotatable bonds is 3. The van der Waals surface area contributed by atoms with Crippen molar-refractivity contribution in [3.05, 3.63) is 23.8 Å². The van der Waals surface area contributed by atoms with Crippen molar-refractivity contribution < 1.29 is 8.42 Å². The van der Waals surface area contributed by atoms with Crippen LogP contribution in [-0.2, 0) is 10.0 Å². The lowest BCUT2D eigenvalue weighted by Gasteiger charge is -2.22. The molecule has 5 heteroatoms. The fourth-order valence-corrected chi connectivity index (χ4v) is 3.90. The van der Waals surface area contributed by atoms with E-state index in [1.807, 2.05) is 13.0 Å². The number of aryl methyl sites for hydroxylation is 1. The van der Waals surface area contributed by atoms with Crippen molar-refractivity contribution in [2.45, 2.75) is 44.3 Å². The predicted molar refractivity (Wildman–Crippen MR) is 75.0 cm³/mol. The molecule has 1 saturated carbocycles. The maximum Gasteiger partial charge on any atom is 0.235 e. The standard InChI is InChI=1S/C13H20N2O2S/c1-10-7-8-11(9-13(10)14)15-18(16,17)12-5-3-2-4-6-12/h7-9,12,15H,2-6,14H2,1H3. The smallest absolute Gasteiger partial charge is 0.235 e. The van der Waals surface area contributed by atoms with Gasteiger partial charge in [0.25, 0.3) is 0 Å². The second-order valence-electron chi connectivity index (χ2n) is 4.98. The number of hydrogen-bond donors (Lipinski definition) is 2. The maximum absolute atomic E-state index is 12.2. The Labute approximate surface area is 109 Å². The van der Waals surface area contributed by atoms with E-state index in [-0.39, 0.29) is 5.25 Å². The molecule has 0 aliphatic heterocycles. The molecular weight excluding hydrogens is 248 g/mol. The molecule has 0 radical (unpaired) electrons. The lowest BCUT2D eigenvalue weighted by atomic mass is 10.0. The van der Waals surface area contributed by atoms with E-state index < -0.39 is 10.0 Å². The lowest BCUT2D eigenvalue weighted by molar-refractivity contribution is 0.486. The minimum atomic E-state index is -3.27. The van der Waals surface area contributed by atoms with E-state index in [0.29, 0.717) is 11.4 Å². The summed E-state index contributed by atoms with van der Waals surface area (Å²) in [6, 6.07) is 5.26. The normalized spacial score (nSPS) is 17.6. The first kappa shape index (κ1) is 13.2. The van der Waals surface area contributed by atoms with Crippen molar-refractivity contribution in [3.63, 3.8) is 0 Å². The summed E-state index contributed by atoms with van der Waals surface area (Å²) in [4.78, 5) is 0. The molecule has 1 fully saturated rings. The molecule has 0 saturated heterocycles. The fraction of sp³-hybridized carbons (Fsp3) is 0.538. The molecule has 3 N–H and O–H groups in total. The summed E-state index contributed by atoms with van der Waals surface area (Å²) < 4.78 is 27.0. The molecule has 0 heterocycles. The third-order valence-electron chi connectivity index (χ3n) is 3.53. The van der Waals surface area contributed by atoms with Gasteiger partial charge < -0.3 is 5.73 Å². The molecule has 2 rings (SSSR count). The first-order chi connectivity index (χ1) is 8.49. The van der Waals surface area contributed by atoms with Crippen LogP contribution in [0.2, 0.25) is 0 Å². The third-order valence-corrected chi connectivity index (χ3v) is 5.40. The van der Waals surface area contributed by atoms with Gasteiger partial charge in [0.1, 0.15) is 0 Å². The number of hydrogen-bond acceptors (Lipinski definition) is 3. The number of nitrogens with two attached hydrogens (primary N) is 1. The molecule has 1 aromatic carbocycles.